The van der Waals surface area contributed by atoms with Crippen molar-refractivity contribution in [2.24, 2.45) is 0 Å². The molecule has 0 radical (unpaired) electrons. The summed E-state index contributed by atoms with van der Waals surface area (Å²) in [4.78, 5) is 41.3. The molecule has 0 bridgehead atoms. The van der Waals surface area contributed by atoms with Gasteiger partial charge in [-0.2, -0.15) is 13.2 Å². The number of rotatable bonds is 5. The first-order chi connectivity index (χ1) is 16.1. The minimum Gasteiger partial charge on any atom is -0.349 e. The van der Waals surface area contributed by atoms with Crippen molar-refractivity contribution in [3.05, 3.63) is 82.7 Å². The van der Waals surface area contributed by atoms with Gasteiger partial charge in [0.2, 0.25) is 5.91 Å². The Morgan fingerprint density at radius 1 is 1.15 bits per heavy atom. The zero-order valence-electron chi connectivity index (χ0n) is 17.4. The van der Waals surface area contributed by atoms with Gasteiger partial charge in [-0.1, -0.05) is 6.07 Å². The molecule has 3 amide bonds. The van der Waals surface area contributed by atoms with E-state index in [1.807, 2.05) is 0 Å². The summed E-state index contributed by atoms with van der Waals surface area (Å²) < 4.78 is 54.1. The van der Waals surface area contributed by atoms with E-state index in [0.717, 1.165) is 5.56 Å². The van der Waals surface area contributed by atoms with Crippen LogP contribution < -0.4 is 16.0 Å². The van der Waals surface area contributed by atoms with Crippen LogP contribution in [0.25, 0.3) is 0 Å². The average molecular weight is 475 g/mol. The smallest absolute Gasteiger partial charge is 0.349 e. The number of carbonyl (C=O) groups is 3. The second kappa shape index (κ2) is 8.96. The Kier molecular flexibility index (Phi) is 6.05. The molecular formula is C22H17F4N5O3. The highest BCUT2D eigenvalue weighted by Crippen LogP contribution is 2.31. The molecule has 8 nitrogen and oxygen atoms in total. The lowest BCUT2D eigenvalue weighted by molar-refractivity contribution is -0.137. The van der Waals surface area contributed by atoms with Crippen molar-refractivity contribution >= 4 is 23.4 Å². The predicted octanol–water partition coefficient (Wildman–Crippen LogP) is 2.85. The van der Waals surface area contributed by atoms with Crippen LogP contribution in [0.15, 0.2) is 48.8 Å². The summed E-state index contributed by atoms with van der Waals surface area (Å²) in [6, 6.07) is 6.28. The third-order valence-corrected chi connectivity index (χ3v) is 5.11. The number of aromatic nitrogens is 2. The van der Waals surface area contributed by atoms with Gasteiger partial charge in [-0.05, 0) is 35.9 Å². The third kappa shape index (κ3) is 4.90. The molecule has 1 aliphatic heterocycles. The summed E-state index contributed by atoms with van der Waals surface area (Å²) in [5.74, 6) is -3.12. The van der Waals surface area contributed by atoms with Gasteiger partial charge in [0.1, 0.15) is 18.1 Å². The number of amides is 3. The summed E-state index contributed by atoms with van der Waals surface area (Å²) in [7, 11) is 0. The number of benzene rings is 1. The average Bonchev–Trinajstić information content (AvgIpc) is 3.14. The first-order valence-corrected chi connectivity index (χ1v) is 9.97. The third-order valence-electron chi connectivity index (χ3n) is 5.11. The van der Waals surface area contributed by atoms with E-state index in [-0.39, 0.29) is 43.0 Å². The maximum absolute atomic E-state index is 13.7. The molecule has 0 saturated carbocycles. The SMILES string of the molecule is O=C1Cn2c(C(=O)NCc3cccnc3)cc(NC(=O)c3cc(F)cc(C(F)(F)F)c3)c2CN1. The number of anilines is 1. The molecular weight excluding hydrogens is 458 g/mol. The highest BCUT2D eigenvalue weighted by atomic mass is 19.4. The molecule has 3 heterocycles. The van der Waals surface area contributed by atoms with E-state index in [4.69, 9.17) is 0 Å². The topological polar surface area (TPSA) is 105 Å². The zero-order chi connectivity index (χ0) is 24.5. The van der Waals surface area contributed by atoms with Crippen LogP contribution in [0.1, 0.15) is 37.7 Å². The maximum Gasteiger partial charge on any atom is 0.416 e. The van der Waals surface area contributed by atoms with Crippen LogP contribution in [0.2, 0.25) is 0 Å². The molecule has 0 saturated heterocycles. The van der Waals surface area contributed by atoms with Crippen LogP contribution in [0, 0.1) is 5.82 Å². The molecule has 0 spiro atoms. The van der Waals surface area contributed by atoms with Gasteiger partial charge in [-0.15, -0.1) is 0 Å². The molecule has 4 rings (SSSR count). The first-order valence-electron chi connectivity index (χ1n) is 9.97. The standard InChI is InChI=1S/C22H17F4N5O3/c23-15-5-13(4-14(6-15)22(24,25)26)20(33)30-16-7-17(31-11-19(32)28-10-18(16)31)21(34)29-9-12-2-1-3-27-8-12/h1-8H,9-11H2,(H,28,32)(H,29,34)(H,30,33). The number of hydrogen-bond donors (Lipinski definition) is 3. The number of hydrogen-bond acceptors (Lipinski definition) is 4. The van der Waals surface area contributed by atoms with Gasteiger partial charge < -0.3 is 20.5 Å². The zero-order valence-corrected chi connectivity index (χ0v) is 17.4. The van der Waals surface area contributed by atoms with Crippen molar-refractivity contribution < 1.29 is 31.9 Å². The van der Waals surface area contributed by atoms with Crippen LogP contribution in [0.3, 0.4) is 0 Å². The van der Waals surface area contributed by atoms with Crippen molar-refractivity contribution in [2.45, 2.75) is 25.8 Å². The first kappa shape index (κ1) is 23.0. The molecule has 34 heavy (non-hydrogen) atoms. The Morgan fingerprint density at radius 2 is 1.94 bits per heavy atom. The maximum atomic E-state index is 13.7. The van der Waals surface area contributed by atoms with Crippen LogP contribution in [0.5, 0.6) is 0 Å². The number of halogens is 4. The number of nitrogens with one attached hydrogen (secondary N) is 3. The summed E-state index contributed by atoms with van der Waals surface area (Å²) >= 11 is 0. The fraction of sp³-hybridized carbons (Fsp3) is 0.182. The Morgan fingerprint density at radius 3 is 2.65 bits per heavy atom. The lowest BCUT2D eigenvalue weighted by Gasteiger charge is -2.19. The van der Waals surface area contributed by atoms with E-state index in [2.05, 4.69) is 20.9 Å². The van der Waals surface area contributed by atoms with Crippen LogP contribution in [-0.2, 0) is 30.6 Å². The number of carbonyl (C=O) groups excluding carboxylic acids is 3. The van der Waals surface area contributed by atoms with Gasteiger partial charge >= 0.3 is 6.18 Å². The molecule has 0 fully saturated rings. The van der Waals surface area contributed by atoms with Crippen molar-refractivity contribution in [3.8, 4) is 0 Å². The van der Waals surface area contributed by atoms with Gasteiger partial charge in [0, 0.05) is 24.5 Å². The van der Waals surface area contributed by atoms with Crippen molar-refractivity contribution in [1.29, 1.82) is 0 Å². The normalized spacial score (nSPS) is 13.1. The van der Waals surface area contributed by atoms with Crippen LogP contribution in [0.4, 0.5) is 23.2 Å². The number of fused-ring (bicyclic) bond motifs is 1. The van der Waals surface area contributed by atoms with Gasteiger partial charge in [-0.3, -0.25) is 19.4 Å². The van der Waals surface area contributed by atoms with Gasteiger partial charge in [0.15, 0.2) is 0 Å². The van der Waals surface area contributed by atoms with Gasteiger partial charge in [-0.25, -0.2) is 4.39 Å². The highest BCUT2D eigenvalue weighted by Gasteiger charge is 2.32. The van der Waals surface area contributed by atoms with Crippen LogP contribution >= 0.6 is 0 Å². The molecule has 176 valence electrons. The fourth-order valence-corrected chi connectivity index (χ4v) is 3.49. The molecule has 12 heteroatoms. The Balaban J connectivity index is 1.60. The van der Waals surface area contributed by atoms with E-state index in [0.29, 0.717) is 17.8 Å². The Labute approximate surface area is 190 Å². The molecule has 0 atom stereocenters. The summed E-state index contributed by atoms with van der Waals surface area (Å²) in [5, 5.41) is 7.69. The second-order valence-corrected chi connectivity index (χ2v) is 7.48. The Bertz CT molecular complexity index is 1270. The largest absolute Gasteiger partial charge is 0.416 e. The van der Waals surface area contributed by atoms with E-state index in [1.54, 1.807) is 24.5 Å². The van der Waals surface area contributed by atoms with Crippen molar-refractivity contribution in [3.63, 3.8) is 0 Å². The lowest BCUT2D eigenvalue weighted by atomic mass is 10.1. The van der Waals surface area contributed by atoms with E-state index < -0.39 is 34.9 Å². The second-order valence-electron chi connectivity index (χ2n) is 7.48. The number of alkyl halides is 3. The monoisotopic (exact) mass is 475 g/mol. The predicted molar refractivity (Wildman–Crippen MR) is 111 cm³/mol. The quantitative estimate of drug-likeness (QED) is 0.494. The molecule has 1 aliphatic rings. The minimum atomic E-state index is -4.84. The fourth-order valence-electron chi connectivity index (χ4n) is 3.49. The van der Waals surface area contributed by atoms with E-state index in [9.17, 15) is 31.9 Å². The number of nitrogens with zero attached hydrogens (tertiary/aromatic N) is 2. The molecule has 3 N–H and O–H groups in total. The van der Waals surface area contributed by atoms with Gasteiger partial charge in [0.25, 0.3) is 11.8 Å². The minimum absolute atomic E-state index is 0.0265. The van der Waals surface area contributed by atoms with Crippen molar-refractivity contribution in [2.75, 3.05) is 5.32 Å². The molecule has 0 unspecified atom stereocenters. The van der Waals surface area contributed by atoms with Crippen molar-refractivity contribution in [1.82, 2.24) is 20.2 Å². The van der Waals surface area contributed by atoms with Crippen LogP contribution in [-0.4, -0.2) is 27.3 Å². The van der Waals surface area contributed by atoms with Gasteiger partial charge in [0.05, 0.1) is 23.5 Å². The number of pyridine rings is 1. The molecule has 2 aromatic heterocycles. The summed E-state index contributed by atoms with van der Waals surface area (Å²) in [5.41, 5.74) is -0.575. The molecule has 0 aliphatic carbocycles. The highest BCUT2D eigenvalue weighted by molar-refractivity contribution is 6.06. The van der Waals surface area contributed by atoms with E-state index >= 15 is 0 Å². The Hall–Kier alpha value is -4.22. The van der Waals surface area contributed by atoms with E-state index in [1.165, 1.54) is 10.6 Å². The lowest BCUT2D eigenvalue weighted by Crippen LogP contribution is -2.36. The molecule has 1 aromatic carbocycles. The summed E-state index contributed by atoms with van der Waals surface area (Å²) in [6.45, 7) is -0.0646. The molecule has 3 aromatic rings. The summed E-state index contributed by atoms with van der Waals surface area (Å²) in [6.07, 6.45) is -1.68.